The number of hydrogen-bond acceptors (Lipinski definition) is 3. The predicted molar refractivity (Wildman–Crippen MR) is 104 cm³/mol. The molecule has 0 unspecified atom stereocenters. The molecule has 0 saturated heterocycles. The van der Waals surface area contributed by atoms with Crippen molar-refractivity contribution in [2.45, 2.75) is 38.0 Å². The van der Waals surface area contributed by atoms with Crippen LogP contribution in [0, 0.1) is 5.82 Å². The van der Waals surface area contributed by atoms with Crippen molar-refractivity contribution in [3.63, 3.8) is 0 Å². The number of carbonyl (C=O) groups excluding carboxylic acids is 2. The van der Waals surface area contributed by atoms with E-state index in [-0.39, 0.29) is 35.8 Å². The van der Waals surface area contributed by atoms with Gasteiger partial charge in [0.15, 0.2) is 5.78 Å². The normalized spacial score (nSPS) is 21.9. The summed E-state index contributed by atoms with van der Waals surface area (Å²) in [5, 5.41) is 2.91. The Bertz CT molecular complexity index is 931. The molecule has 144 valence electrons. The lowest BCUT2D eigenvalue weighted by Crippen LogP contribution is -2.38. The third-order valence-corrected chi connectivity index (χ3v) is 5.47. The quantitative estimate of drug-likeness (QED) is 0.865. The number of benzene rings is 2. The van der Waals surface area contributed by atoms with Crippen LogP contribution >= 0.6 is 0 Å². The molecule has 1 aliphatic carbocycles. The number of halogens is 1. The zero-order chi connectivity index (χ0) is 19.7. The van der Waals surface area contributed by atoms with Crippen molar-refractivity contribution < 1.29 is 18.7 Å². The van der Waals surface area contributed by atoms with Crippen LogP contribution in [0.3, 0.4) is 0 Å². The van der Waals surface area contributed by atoms with E-state index in [1.54, 1.807) is 12.1 Å². The number of allylic oxidation sites excluding steroid dienone is 2. The monoisotopic (exact) mass is 379 g/mol. The minimum atomic E-state index is -0.299. The average molecular weight is 379 g/mol. The highest BCUT2D eigenvalue weighted by atomic mass is 19.1. The summed E-state index contributed by atoms with van der Waals surface area (Å²) in [4.78, 5) is 25.4. The summed E-state index contributed by atoms with van der Waals surface area (Å²) in [6.45, 7) is 2.51. The van der Waals surface area contributed by atoms with Crippen LogP contribution in [0.5, 0.6) is 5.75 Å². The smallest absolute Gasteiger partial charge is 0.225 e. The van der Waals surface area contributed by atoms with Gasteiger partial charge in [0.1, 0.15) is 11.6 Å². The van der Waals surface area contributed by atoms with Crippen molar-refractivity contribution in [3.05, 3.63) is 76.7 Å². The Balaban J connectivity index is 1.65. The highest BCUT2D eigenvalue weighted by Crippen LogP contribution is 2.42. The topological polar surface area (TPSA) is 55.4 Å². The molecule has 4 rings (SSSR count). The van der Waals surface area contributed by atoms with E-state index in [0.717, 1.165) is 16.9 Å². The highest BCUT2D eigenvalue weighted by Gasteiger charge is 2.38. The summed E-state index contributed by atoms with van der Waals surface area (Å²) < 4.78 is 18.7. The lowest BCUT2D eigenvalue weighted by atomic mass is 9.73. The summed E-state index contributed by atoms with van der Waals surface area (Å²) >= 11 is 0. The van der Waals surface area contributed by atoms with Crippen molar-refractivity contribution >= 4 is 11.7 Å². The molecule has 1 N–H and O–H groups in total. The summed E-state index contributed by atoms with van der Waals surface area (Å²) in [5.74, 6) is 0.159. The SMILES string of the molecule is CCOc1ccc([C@@H]2CC(=O)NC3=C2C(=O)C[C@@H](c2ccc(F)cc2)C3)cc1. The summed E-state index contributed by atoms with van der Waals surface area (Å²) in [7, 11) is 0. The second-order valence-corrected chi connectivity index (χ2v) is 7.28. The molecule has 0 saturated carbocycles. The first kappa shape index (κ1) is 18.4. The van der Waals surface area contributed by atoms with Gasteiger partial charge in [0.05, 0.1) is 6.61 Å². The van der Waals surface area contributed by atoms with Gasteiger partial charge in [-0.05, 0) is 54.7 Å². The van der Waals surface area contributed by atoms with E-state index in [2.05, 4.69) is 5.32 Å². The molecule has 4 nitrogen and oxygen atoms in total. The Morgan fingerprint density at radius 1 is 0.964 bits per heavy atom. The maximum absolute atomic E-state index is 13.2. The van der Waals surface area contributed by atoms with Crippen molar-refractivity contribution in [1.29, 1.82) is 0 Å². The van der Waals surface area contributed by atoms with Crippen LogP contribution < -0.4 is 10.1 Å². The number of carbonyl (C=O) groups is 2. The van der Waals surface area contributed by atoms with Gasteiger partial charge in [0, 0.05) is 30.0 Å². The average Bonchev–Trinajstić information content (AvgIpc) is 2.68. The van der Waals surface area contributed by atoms with Crippen molar-refractivity contribution in [1.82, 2.24) is 5.32 Å². The fraction of sp³-hybridized carbons (Fsp3) is 0.304. The van der Waals surface area contributed by atoms with Gasteiger partial charge in [-0.1, -0.05) is 24.3 Å². The molecule has 5 heteroatoms. The number of Topliss-reactive ketones (excluding diaryl/α,β-unsaturated/α-hetero) is 1. The van der Waals surface area contributed by atoms with Crippen LogP contribution in [0.2, 0.25) is 0 Å². The molecule has 28 heavy (non-hydrogen) atoms. The van der Waals surface area contributed by atoms with Gasteiger partial charge >= 0.3 is 0 Å². The van der Waals surface area contributed by atoms with Crippen molar-refractivity contribution in [2.24, 2.45) is 0 Å². The molecule has 0 fully saturated rings. The molecule has 0 radical (unpaired) electrons. The predicted octanol–water partition coefficient (Wildman–Crippen LogP) is 4.23. The standard InChI is InChI=1S/C23H22FNO3/c1-2-28-18-9-5-15(6-10-18)19-13-22(27)25-20-11-16(12-21(26)23(19)20)14-3-7-17(24)8-4-14/h3-10,16,19H,2,11-13H2,1H3,(H,25,27)/t16-,19-/m0/s1. The molecule has 2 aromatic rings. The van der Waals surface area contributed by atoms with Gasteiger partial charge < -0.3 is 10.1 Å². The minimum absolute atomic E-state index is 0.0498. The van der Waals surface area contributed by atoms with E-state index in [0.29, 0.717) is 30.7 Å². The Hall–Kier alpha value is -2.95. The molecule has 2 aromatic carbocycles. The minimum Gasteiger partial charge on any atom is -0.494 e. The van der Waals surface area contributed by atoms with Crippen LogP contribution in [0.15, 0.2) is 59.8 Å². The van der Waals surface area contributed by atoms with Crippen LogP contribution in [-0.4, -0.2) is 18.3 Å². The number of ketones is 1. The number of amides is 1. The molecule has 2 aliphatic rings. The lowest BCUT2D eigenvalue weighted by Gasteiger charge is -2.34. The second-order valence-electron chi connectivity index (χ2n) is 7.28. The number of hydrogen-bond donors (Lipinski definition) is 1. The fourth-order valence-corrected chi connectivity index (χ4v) is 4.18. The molecular weight excluding hydrogens is 357 g/mol. The van der Waals surface area contributed by atoms with Crippen LogP contribution in [0.1, 0.15) is 49.1 Å². The van der Waals surface area contributed by atoms with Crippen molar-refractivity contribution in [2.75, 3.05) is 6.61 Å². The highest BCUT2D eigenvalue weighted by molar-refractivity contribution is 6.02. The van der Waals surface area contributed by atoms with E-state index in [9.17, 15) is 14.0 Å². The lowest BCUT2D eigenvalue weighted by molar-refractivity contribution is -0.122. The zero-order valence-corrected chi connectivity index (χ0v) is 15.7. The molecule has 2 atom stereocenters. The van der Waals surface area contributed by atoms with E-state index >= 15 is 0 Å². The zero-order valence-electron chi connectivity index (χ0n) is 15.7. The Labute approximate surface area is 163 Å². The third-order valence-electron chi connectivity index (χ3n) is 5.47. The molecular formula is C23H22FNO3. The number of nitrogens with one attached hydrogen (secondary N) is 1. The Kier molecular flexibility index (Phi) is 4.99. The van der Waals surface area contributed by atoms with Gasteiger partial charge in [0.2, 0.25) is 5.91 Å². The van der Waals surface area contributed by atoms with Gasteiger partial charge in [-0.15, -0.1) is 0 Å². The van der Waals surface area contributed by atoms with Gasteiger partial charge in [0.25, 0.3) is 0 Å². The van der Waals surface area contributed by atoms with Crippen LogP contribution in [0.25, 0.3) is 0 Å². The molecule has 0 spiro atoms. The van der Waals surface area contributed by atoms with E-state index in [4.69, 9.17) is 4.74 Å². The second kappa shape index (κ2) is 7.58. The molecule has 0 aromatic heterocycles. The van der Waals surface area contributed by atoms with Gasteiger partial charge in [-0.25, -0.2) is 4.39 Å². The summed E-state index contributed by atoms with van der Waals surface area (Å²) in [6, 6.07) is 13.9. The van der Waals surface area contributed by atoms with Crippen LogP contribution in [-0.2, 0) is 9.59 Å². The van der Waals surface area contributed by atoms with Gasteiger partial charge in [-0.3, -0.25) is 9.59 Å². The van der Waals surface area contributed by atoms with Crippen LogP contribution in [0.4, 0.5) is 4.39 Å². The Morgan fingerprint density at radius 3 is 2.32 bits per heavy atom. The van der Waals surface area contributed by atoms with E-state index in [1.807, 2.05) is 31.2 Å². The third kappa shape index (κ3) is 3.57. The number of ether oxygens (including phenoxy) is 1. The maximum atomic E-state index is 13.2. The first-order valence-corrected chi connectivity index (χ1v) is 9.59. The first-order valence-electron chi connectivity index (χ1n) is 9.59. The fourth-order valence-electron chi connectivity index (χ4n) is 4.18. The maximum Gasteiger partial charge on any atom is 0.225 e. The van der Waals surface area contributed by atoms with Gasteiger partial charge in [-0.2, -0.15) is 0 Å². The summed E-state index contributed by atoms with van der Waals surface area (Å²) in [6.07, 6.45) is 1.21. The molecule has 1 amide bonds. The molecule has 1 heterocycles. The molecule has 0 bridgehead atoms. The number of rotatable bonds is 4. The van der Waals surface area contributed by atoms with E-state index in [1.165, 1.54) is 12.1 Å². The summed E-state index contributed by atoms with van der Waals surface area (Å²) in [5.41, 5.74) is 3.28. The first-order chi connectivity index (χ1) is 13.5. The van der Waals surface area contributed by atoms with Crippen molar-refractivity contribution in [3.8, 4) is 5.75 Å². The molecule has 1 aliphatic heterocycles. The Morgan fingerprint density at radius 2 is 1.64 bits per heavy atom. The largest absolute Gasteiger partial charge is 0.494 e. The van der Waals surface area contributed by atoms with E-state index < -0.39 is 0 Å².